The molecule has 3 rings (SSSR count). The monoisotopic (exact) mass is 349 g/mol. The highest BCUT2D eigenvalue weighted by atomic mass is 32.1. The predicted octanol–water partition coefficient (Wildman–Crippen LogP) is 2.93. The van der Waals surface area contributed by atoms with Gasteiger partial charge in [0.2, 0.25) is 5.89 Å². The van der Waals surface area contributed by atoms with Crippen molar-refractivity contribution >= 4 is 11.3 Å². The topological polar surface area (TPSA) is 52.7 Å². The molecule has 132 valence electrons. The van der Waals surface area contributed by atoms with Crippen LogP contribution in [0, 0.1) is 5.92 Å². The van der Waals surface area contributed by atoms with Crippen LogP contribution in [0.2, 0.25) is 0 Å². The molecule has 1 atom stereocenters. The van der Waals surface area contributed by atoms with Gasteiger partial charge in [-0.25, -0.2) is 4.98 Å². The zero-order chi connectivity index (χ0) is 16.9. The number of rotatable bonds is 7. The number of aliphatic hydroxyl groups excluding tert-OH is 1. The first kappa shape index (κ1) is 17.6. The quantitative estimate of drug-likeness (QED) is 0.833. The van der Waals surface area contributed by atoms with Crippen LogP contribution in [-0.2, 0) is 6.54 Å². The van der Waals surface area contributed by atoms with Crippen LogP contribution in [0.25, 0.3) is 10.8 Å². The van der Waals surface area contributed by atoms with Crippen LogP contribution in [-0.4, -0.2) is 59.2 Å². The van der Waals surface area contributed by atoms with Gasteiger partial charge in [0.15, 0.2) is 0 Å². The second kappa shape index (κ2) is 8.25. The Labute approximate surface area is 147 Å². The largest absolute Gasteiger partial charge is 0.444 e. The minimum absolute atomic E-state index is 0.228. The summed E-state index contributed by atoms with van der Waals surface area (Å²) < 4.78 is 5.59. The van der Waals surface area contributed by atoms with Crippen molar-refractivity contribution in [1.82, 2.24) is 14.8 Å². The molecule has 0 unspecified atom stereocenters. The summed E-state index contributed by atoms with van der Waals surface area (Å²) in [5.74, 6) is 1.45. The lowest BCUT2D eigenvalue weighted by molar-refractivity contribution is 0.0918. The highest BCUT2D eigenvalue weighted by Crippen LogP contribution is 2.24. The Morgan fingerprint density at radius 1 is 1.46 bits per heavy atom. The Morgan fingerprint density at radius 2 is 2.25 bits per heavy atom. The molecule has 0 amide bonds. The van der Waals surface area contributed by atoms with Gasteiger partial charge in [0.25, 0.3) is 0 Å². The summed E-state index contributed by atoms with van der Waals surface area (Å²) in [4.78, 5) is 10.4. The van der Waals surface area contributed by atoms with Gasteiger partial charge in [-0.2, -0.15) is 0 Å². The van der Waals surface area contributed by atoms with Gasteiger partial charge in [0, 0.05) is 19.6 Å². The van der Waals surface area contributed by atoms with E-state index in [-0.39, 0.29) is 6.10 Å². The van der Waals surface area contributed by atoms with Crippen LogP contribution in [0.1, 0.15) is 25.5 Å². The lowest BCUT2D eigenvalue weighted by atomic mass is 9.96. The molecule has 0 saturated carbocycles. The van der Waals surface area contributed by atoms with Crippen molar-refractivity contribution in [2.75, 3.05) is 33.2 Å². The number of piperidine rings is 1. The van der Waals surface area contributed by atoms with Crippen molar-refractivity contribution in [3.8, 4) is 10.8 Å². The van der Waals surface area contributed by atoms with Crippen LogP contribution in [0.5, 0.6) is 0 Å². The zero-order valence-electron chi connectivity index (χ0n) is 14.5. The van der Waals surface area contributed by atoms with Gasteiger partial charge < -0.3 is 19.3 Å². The van der Waals surface area contributed by atoms with Crippen LogP contribution in [0.4, 0.5) is 0 Å². The number of thiophene rings is 1. The van der Waals surface area contributed by atoms with Crippen LogP contribution < -0.4 is 0 Å². The molecule has 0 spiro atoms. The molecular formula is C18H27N3O2S. The maximum Gasteiger partial charge on any atom is 0.236 e. The van der Waals surface area contributed by atoms with E-state index in [0.717, 1.165) is 55.1 Å². The second-order valence-electron chi connectivity index (χ2n) is 6.91. The van der Waals surface area contributed by atoms with E-state index in [1.807, 2.05) is 24.4 Å². The third-order valence-electron chi connectivity index (χ3n) is 4.52. The Kier molecular flexibility index (Phi) is 6.05. The molecule has 1 saturated heterocycles. The second-order valence-corrected chi connectivity index (χ2v) is 7.86. The van der Waals surface area contributed by atoms with Gasteiger partial charge in [-0.3, -0.25) is 0 Å². The molecule has 3 heterocycles. The number of aliphatic hydroxyl groups is 1. The molecule has 1 fully saturated rings. The summed E-state index contributed by atoms with van der Waals surface area (Å²) in [5, 5.41) is 11.5. The number of likely N-dealkylation sites (tertiary alicyclic amines) is 1. The number of hydrogen-bond acceptors (Lipinski definition) is 6. The number of aromatic nitrogens is 1. The number of nitrogens with zero attached hydrogens (tertiary/aromatic N) is 3. The normalized spacial score (nSPS) is 18.3. The van der Waals surface area contributed by atoms with E-state index < -0.39 is 0 Å². The van der Waals surface area contributed by atoms with Gasteiger partial charge >= 0.3 is 0 Å². The predicted molar refractivity (Wildman–Crippen MR) is 97.0 cm³/mol. The van der Waals surface area contributed by atoms with Gasteiger partial charge in [-0.15, -0.1) is 11.3 Å². The molecular weight excluding hydrogens is 322 g/mol. The van der Waals surface area contributed by atoms with E-state index in [9.17, 15) is 5.11 Å². The Morgan fingerprint density at radius 3 is 2.92 bits per heavy atom. The fourth-order valence-corrected chi connectivity index (χ4v) is 4.06. The molecule has 1 N–H and O–H groups in total. The summed E-state index contributed by atoms with van der Waals surface area (Å²) in [6.45, 7) is 6.76. The Balaban J connectivity index is 1.44. The lowest BCUT2D eigenvalue weighted by Gasteiger charge is -2.34. The standard InChI is InChI=1S/C18H27N3O2S/c1-14(22)10-21-7-5-15(6-8-21)11-20(2)12-16-13-23-18(19-16)17-4-3-9-24-17/h3-4,9,13-15,22H,5-8,10-12H2,1-2H3/t14-/m0/s1. The highest BCUT2D eigenvalue weighted by Gasteiger charge is 2.21. The van der Waals surface area contributed by atoms with Gasteiger partial charge in [0.05, 0.1) is 16.7 Å². The van der Waals surface area contributed by atoms with Crippen molar-refractivity contribution < 1.29 is 9.52 Å². The molecule has 0 bridgehead atoms. The SMILES string of the molecule is C[C@H](O)CN1CCC(CN(C)Cc2coc(-c3cccs3)n2)CC1. The van der Waals surface area contributed by atoms with Crippen molar-refractivity contribution in [2.24, 2.45) is 5.92 Å². The smallest absolute Gasteiger partial charge is 0.236 e. The summed E-state index contributed by atoms with van der Waals surface area (Å²) in [7, 11) is 2.15. The summed E-state index contributed by atoms with van der Waals surface area (Å²) in [5.41, 5.74) is 0.993. The number of β-amino-alcohol motifs (C(OH)–C–C–N with tert-alkyl or cyclic N) is 1. The fourth-order valence-electron chi connectivity index (χ4n) is 3.40. The van der Waals surface area contributed by atoms with Crippen molar-refractivity contribution in [2.45, 2.75) is 32.4 Å². The van der Waals surface area contributed by atoms with Crippen molar-refractivity contribution in [1.29, 1.82) is 0 Å². The van der Waals surface area contributed by atoms with Crippen LogP contribution in [0.3, 0.4) is 0 Å². The molecule has 2 aromatic rings. The molecule has 6 heteroatoms. The lowest BCUT2D eigenvalue weighted by Crippen LogP contribution is -2.40. The van der Waals surface area contributed by atoms with Gasteiger partial charge in [-0.1, -0.05) is 6.07 Å². The van der Waals surface area contributed by atoms with E-state index in [4.69, 9.17) is 4.42 Å². The van der Waals surface area contributed by atoms with E-state index in [1.165, 1.54) is 12.8 Å². The third kappa shape index (κ3) is 4.89. The van der Waals surface area contributed by atoms with Crippen LogP contribution in [0.15, 0.2) is 28.2 Å². The minimum Gasteiger partial charge on any atom is -0.444 e. The molecule has 0 aromatic carbocycles. The third-order valence-corrected chi connectivity index (χ3v) is 5.37. The summed E-state index contributed by atoms with van der Waals surface area (Å²) >= 11 is 1.65. The maximum atomic E-state index is 9.49. The molecule has 1 aliphatic rings. The Bertz CT molecular complexity index is 604. The van der Waals surface area contributed by atoms with Crippen LogP contribution >= 0.6 is 11.3 Å². The van der Waals surface area contributed by atoms with Crippen molar-refractivity contribution in [3.63, 3.8) is 0 Å². The molecule has 1 aliphatic heterocycles. The highest BCUT2D eigenvalue weighted by molar-refractivity contribution is 7.13. The number of hydrogen-bond donors (Lipinski definition) is 1. The first-order valence-electron chi connectivity index (χ1n) is 8.67. The molecule has 0 radical (unpaired) electrons. The van der Waals surface area contributed by atoms with Gasteiger partial charge in [0.1, 0.15) is 6.26 Å². The summed E-state index contributed by atoms with van der Waals surface area (Å²) in [6.07, 6.45) is 3.96. The molecule has 2 aromatic heterocycles. The average molecular weight is 350 g/mol. The van der Waals surface area contributed by atoms with E-state index in [1.54, 1.807) is 17.6 Å². The minimum atomic E-state index is -0.228. The fraction of sp³-hybridized carbons (Fsp3) is 0.611. The summed E-state index contributed by atoms with van der Waals surface area (Å²) in [6, 6.07) is 4.05. The maximum absolute atomic E-state index is 9.49. The molecule has 0 aliphatic carbocycles. The molecule has 5 nitrogen and oxygen atoms in total. The number of oxazole rings is 1. The first-order valence-corrected chi connectivity index (χ1v) is 9.55. The Hall–Kier alpha value is -1.21. The van der Waals surface area contributed by atoms with E-state index in [2.05, 4.69) is 21.8 Å². The van der Waals surface area contributed by atoms with Crippen molar-refractivity contribution in [3.05, 3.63) is 29.5 Å². The molecule has 24 heavy (non-hydrogen) atoms. The van der Waals surface area contributed by atoms with E-state index in [0.29, 0.717) is 0 Å². The average Bonchev–Trinajstić information content (AvgIpc) is 3.19. The first-order chi connectivity index (χ1) is 11.6. The zero-order valence-corrected chi connectivity index (χ0v) is 15.3. The van der Waals surface area contributed by atoms with E-state index >= 15 is 0 Å². The van der Waals surface area contributed by atoms with Gasteiger partial charge in [-0.05, 0) is 57.3 Å².